The van der Waals surface area contributed by atoms with E-state index in [4.69, 9.17) is 4.74 Å². The highest BCUT2D eigenvalue weighted by Gasteiger charge is 2.37. The summed E-state index contributed by atoms with van der Waals surface area (Å²) in [6.45, 7) is 1.49. The molecule has 45 heavy (non-hydrogen) atoms. The van der Waals surface area contributed by atoms with Gasteiger partial charge in [0.15, 0.2) is 11.6 Å². The summed E-state index contributed by atoms with van der Waals surface area (Å²) in [5, 5.41) is 15.9. The van der Waals surface area contributed by atoms with Crippen molar-refractivity contribution < 1.29 is 19.4 Å². The molecule has 0 radical (unpaired) electrons. The maximum atomic E-state index is 13.8. The van der Waals surface area contributed by atoms with Crippen LogP contribution < -0.4 is 10.6 Å². The molecule has 0 bridgehead atoms. The number of hydrogen-bond donors (Lipinski definition) is 3. The fraction of sp³-hybridized carbons (Fsp3) is 0.179. The Hall–Kier alpha value is -5.04. The Kier molecular flexibility index (Phi) is 9.15. The van der Waals surface area contributed by atoms with Gasteiger partial charge < -0.3 is 20.5 Å². The topological polar surface area (TPSA) is 87.7 Å². The average molecular weight is 597 g/mol. The number of rotatable bonds is 13. The SMILES string of the molecule is O=C1c2ccccc2C(=O)c2c(NCCCOC(c3ccccc3)(c3ccccc3)c3ccccc3)ccc(NCCCO)c21. The molecule has 0 fully saturated rings. The second kappa shape index (κ2) is 13.7. The highest BCUT2D eigenvalue weighted by molar-refractivity contribution is 6.31. The summed E-state index contributed by atoms with van der Waals surface area (Å²) in [5.74, 6) is -0.363. The molecular weight excluding hydrogens is 560 g/mol. The standard InChI is InChI=1S/C39H36N2O4/c42-26-12-24-40-33-22-23-34(36-35(33)37(43)31-20-10-11-21-32(31)38(36)44)41-25-13-27-45-39(28-14-4-1-5-15-28,29-16-6-2-7-17-29)30-18-8-3-9-19-30/h1-11,14-23,40-42H,12-13,24-27H2. The lowest BCUT2D eigenvalue weighted by atomic mass is 9.80. The van der Waals surface area contributed by atoms with Gasteiger partial charge in [0.25, 0.3) is 0 Å². The molecule has 1 aliphatic rings. The smallest absolute Gasteiger partial charge is 0.196 e. The Balaban J connectivity index is 1.26. The van der Waals surface area contributed by atoms with Crippen LogP contribution in [0.25, 0.3) is 0 Å². The Morgan fingerprint density at radius 3 is 1.36 bits per heavy atom. The van der Waals surface area contributed by atoms with Crippen LogP contribution in [0.1, 0.15) is 61.4 Å². The predicted molar refractivity (Wildman–Crippen MR) is 178 cm³/mol. The van der Waals surface area contributed by atoms with E-state index in [0.717, 1.165) is 16.7 Å². The number of hydrogen-bond acceptors (Lipinski definition) is 6. The zero-order chi connectivity index (χ0) is 31.1. The van der Waals surface area contributed by atoms with Gasteiger partial charge in [0.05, 0.1) is 17.7 Å². The zero-order valence-corrected chi connectivity index (χ0v) is 25.0. The van der Waals surface area contributed by atoms with Crippen molar-refractivity contribution in [2.75, 3.05) is 36.9 Å². The molecule has 6 rings (SSSR count). The van der Waals surface area contributed by atoms with Crippen molar-refractivity contribution in [3.8, 4) is 0 Å². The van der Waals surface area contributed by atoms with E-state index in [1.165, 1.54) is 0 Å². The van der Waals surface area contributed by atoms with E-state index < -0.39 is 5.60 Å². The van der Waals surface area contributed by atoms with Gasteiger partial charge in [-0.15, -0.1) is 0 Å². The number of ether oxygens (including phenoxy) is 1. The normalized spacial score (nSPS) is 12.4. The molecule has 226 valence electrons. The van der Waals surface area contributed by atoms with Gasteiger partial charge in [-0.2, -0.15) is 0 Å². The molecule has 0 unspecified atom stereocenters. The molecule has 5 aromatic rings. The van der Waals surface area contributed by atoms with Crippen molar-refractivity contribution >= 4 is 22.9 Å². The first-order valence-corrected chi connectivity index (χ1v) is 15.4. The highest BCUT2D eigenvalue weighted by atomic mass is 16.5. The van der Waals surface area contributed by atoms with Crippen molar-refractivity contribution in [3.63, 3.8) is 0 Å². The first-order valence-electron chi connectivity index (χ1n) is 15.4. The van der Waals surface area contributed by atoms with Gasteiger partial charge in [-0.05, 0) is 41.7 Å². The second-order valence-corrected chi connectivity index (χ2v) is 11.0. The van der Waals surface area contributed by atoms with Crippen LogP contribution in [0.5, 0.6) is 0 Å². The number of fused-ring (bicyclic) bond motifs is 2. The molecule has 0 aromatic heterocycles. The molecular formula is C39H36N2O4. The molecule has 3 N–H and O–H groups in total. The third-order valence-corrected chi connectivity index (χ3v) is 8.22. The lowest BCUT2D eigenvalue weighted by molar-refractivity contribution is 0.0128. The van der Waals surface area contributed by atoms with Crippen molar-refractivity contribution in [2.24, 2.45) is 0 Å². The third kappa shape index (κ3) is 5.90. The van der Waals surface area contributed by atoms with E-state index in [-0.39, 0.29) is 18.2 Å². The molecule has 6 heteroatoms. The van der Waals surface area contributed by atoms with Crippen molar-refractivity contribution in [3.05, 3.63) is 166 Å². The van der Waals surface area contributed by atoms with Gasteiger partial charge >= 0.3 is 0 Å². The number of nitrogens with one attached hydrogen (secondary N) is 2. The van der Waals surface area contributed by atoms with E-state index in [2.05, 4.69) is 47.0 Å². The Morgan fingerprint density at radius 1 is 0.533 bits per heavy atom. The van der Waals surface area contributed by atoms with Crippen LogP contribution in [0.15, 0.2) is 127 Å². The molecule has 5 aromatic carbocycles. The fourth-order valence-corrected chi connectivity index (χ4v) is 6.11. The molecule has 0 amide bonds. The van der Waals surface area contributed by atoms with Crippen LogP contribution in [-0.2, 0) is 10.3 Å². The van der Waals surface area contributed by atoms with E-state index in [1.807, 2.05) is 66.7 Å². The van der Waals surface area contributed by atoms with Crippen LogP contribution in [0.2, 0.25) is 0 Å². The maximum Gasteiger partial charge on any atom is 0.196 e. The Bertz CT molecular complexity index is 1680. The van der Waals surface area contributed by atoms with E-state index >= 15 is 0 Å². The van der Waals surface area contributed by atoms with Crippen LogP contribution in [0.3, 0.4) is 0 Å². The lowest BCUT2D eigenvalue weighted by Gasteiger charge is -2.36. The van der Waals surface area contributed by atoms with Crippen LogP contribution in [0.4, 0.5) is 11.4 Å². The summed E-state index contributed by atoms with van der Waals surface area (Å²) >= 11 is 0. The maximum absolute atomic E-state index is 13.8. The van der Waals surface area contributed by atoms with E-state index in [9.17, 15) is 14.7 Å². The summed E-state index contributed by atoms with van der Waals surface area (Å²) in [4.78, 5) is 27.4. The first kappa shape index (κ1) is 30.0. The molecule has 0 atom stereocenters. The minimum atomic E-state index is -0.809. The summed E-state index contributed by atoms with van der Waals surface area (Å²) in [6, 6.07) is 41.4. The van der Waals surface area contributed by atoms with Crippen molar-refractivity contribution in [1.82, 2.24) is 0 Å². The lowest BCUT2D eigenvalue weighted by Crippen LogP contribution is -2.33. The van der Waals surface area contributed by atoms with Crippen LogP contribution in [0, 0.1) is 0 Å². The number of anilines is 2. The molecule has 0 saturated carbocycles. The van der Waals surface area contributed by atoms with Crippen LogP contribution in [-0.4, -0.2) is 43.0 Å². The largest absolute Gasteiger partial charge is 0.396 e. The van der Waals surface area contributed by atoms with Crippen molar-refractivity contribution in [1.29, 1.82) is 0 Å². The van der Waals surface area contributed by atoms with Crippen LogP contribution >= 0.6 is 0 Å². The number of carbonyl (C=O) groups excluding carboxylic acids is 2. The Morgan fingerprint density at radius 2 is 0.933 bits per heavy atom. The quantitative estimate of drug-likeness (QED) is 0.0977. The minimum absolute atomic E-state index is 0.0344. The predicted octanol–water partition coefficient (Wildman–Crippen LogP) is 7.07. The highest BCUT2D eigenvalue weighted by Crippen LogP contribution is 2.41. The molecule has 0 heterocycles. The number of aliphatic hydroxyl groups is 1. The molecule has 6 nitrogen and oxygen atoms in total. The van der Waals surface area contributed by atoms with Gasteiger partial charge in [-0.1, -0.05) is 115 Å². The number of aliphatic hydroxyl groups excluding tert-OH is 1. The van der Waals surface area contributed by atoms with Gasteiger partial charge in [0, 0.05) is 42.2 Å². The first-order chi connectivity index (χ1) is 22.1. The summed E-state index contributed by atoms with van der Waals surface area (Å²) in [6.07, 6.45) is 1.18. The molecule has 1 aliphatic carbocycles. The summed E-state index contributed by atoms with van der Waals surface area (Å²) in [7, 11) is 0. The van der Waals surface area contributed by atoms with Gasteiger partial charge in [-0.3, -0.25) is 9.59 Å². The summed E-state index contributed by atoms with van der Waals surface area (Å²) < 4.78 is 6.91. The monoisotopic (exact) mass is 596 g/mol. The van der Waals surface area contributed by atoms with Gasteiger partial charge in [-0.25, -0.2) is 0 Å². The second-order valence-electron chi connectivity index (χ2n) is 11.0. The molecule has 0 spiro atoms. The average Bonchev–Trinajstić information content (AvgIpc) is 3.10. The van der Waals surface area contributed by atoms with E-state index in [0.29, 0.717) is 66.2 Å². The Labute approximate surface area is 263 Å². The van der Waals surface area contributed by atoms with Crippen molar-refractivity contribution in [2.45, 2.75) is 18.4 Å². The molecule has 0 saturated heterocycles. The fourth-order valence-electron chi connectivity index (χ4n) is 6.11. The number of carbonyl (C=O) groups is 2. The molecule has 0 aliphatic heterocycles. The van der Waals surface area contributed by atoms with Gasteiger partial charge in [0.1, 0.15) is 5.60 Å². The summed E-state index contributed by atoms with van der Waals surface area (Å²) in [5.41, 5.74) is 5.08. The zero-order valence-electron chi connectivity index (χ0n) is 25.0. The van der Waals surface area contributed by atoms with E-state index in [1.54, 1.807) is 24.3 Å². The van der Waals surface area contributed by atoms with Gasteiger partial charge in [0.2, 0.25) is 0 Å². The number of benzene rings is 5. The minimum Gasteiger partial charge on any atom is -0.396 e. The number of ketones is 2. The third-order valence-electron chi connectivity index (χ3n) is 8.22.